The van der Waals surface area contributed by atoms with Crippen molar-refractivity contribution in [1.82, 2.24) is 4.98 Å². The van der Waals surface area contributed by atoms with Gasteiger partial charge in [0.25, 0.3) is 5.91 Å². The van der Waals surface area contributed by atoms with Crippen molar-refractivity contribution in [1.29, 1.82) is 0 Å². The van der Waals surface area contributed by atoms with Crippen LogP contribution in [0.4, 0.5) is 15.9 Å². The summed E-state index contributed by atoms with van der Waals surface area (Å²) in [6.45, 7) is 4.87. The Morgan fingerprint density at radius 1 is 1.29 bits per heavy atom. The van der Waals surface area contributed by atoms with E-state index in [-0.39, 0.29) is 11.6 Å². The lowest BCUT2D eigenvalue weighted by Gasteiger charge is -2.21. The first-order chi connectivity index (χ1) is 10.2. The number of benzene rings is 1. The Kier molecular flexibility index (Phi) is 4.87. The molecule has 1 heterocycles. The summed E-state index contributed by atoms with van der Waals surface area (Å²) in [4.78, 5) is 18.1. The van der Waals surface area contributed by atoms with Crippen LogP contribution < -0.4 is 10.2 Å². The fraction of sp³-hybridized carbons (Fsp3) is 0.250. The topological polar surface area (TPSA) is 45.2 Å². The summed E-state index contributed by atoms with van der Waals surface area (Å²) in [5, 5.41) is 3.05. The number of carbonyl (C=O) groups excluding carboxylic acids is 1. The van der Waals surface area contributed by atoms with Crippen molar-refractivity contribution in [2.75, 3.05) is 23.3 Å². The van der Waals surface area contributed by atoms with Gasteiger partial charge in [-0.1, -0.05) is 12.1 Å². The first-order valence-electron chi connectivity index (χ1n) is 6.93. The maximum atomic E-state index is 13.9. The minimum absolute atomic E-state index is 0.246. The highest BCUT2D eigenvalue weighted by atomic mass is 19.1. The summed E-state index contributed by atoms with van der Waals surface area (Å²) in [5.74, 6) is -0.0225. The SMILES string of the molecule is CCNc1cc(C(=O)N(CC)c2ccccc2F)ccn1. The number of anilines is 2. The van der Waals surface area contributed by atoms with E-state index in [4.69, 9.17) is 0 Å². The van der Waals surface area contributed by atoms with Gasteiger partial charge in [0.05, 0.1) is 5.69 Å². The normalized spacial score (nSPS) is 10.2. The van der Waals surface area contributed by atoms with Crippen LogP contribution >= 0.6 is 0 Å². The zero-order chi connectivity index (χ0) is 15.2. The maximum absolute atomic E-state index is 13.9. The number of para-hydroxylation sites is 1. The molecule has 0 fully saturated rings. The van der Waals surface area contributed by atoms with E-state index in [1.165, 1.54) is 11.0 Å². The number of rotatable bonds is 5. The zero-order valence-corrected chi connectivity index (χ0v) is 12.1. The molecule has 0 aliphatic carbocycles. The molecule has 0 aliphatic rings. The lowest BCUT2D eigenvalue weighted by molar-refractivity contribution is 0.0987. The zero-order valence-electron chi connectivity index (χ0n) is 12.1. The van der Waals surface area contributed by atoms with Crippen LogP contribution in [0.1, 0.15) is 24.2 Å². The number of amides is 1. The molecule has 0 spiro atoms. The van der Waals surface area contributed by atoms with Gasteiger partial charge in [0.15, 0.2) is 0 Å². The first kappa shape index (κ1) is 15.0. The minimum Gasteiger partial charge on any atom is -0.370 e. The Hall–Kier alpha value is -2.43. The number of aromatic nitrogens is 1. The lowest BCUT2D eigenvalue weighted by atomic mass is 10.2. The number of pyridine rings is 1. The summed E-state index contributed by atoms with van der Waals surface area (Å²) >= 11 is 0. The third-order valence-electron chi connectivity index (χ3n) is 3.07. The first-order valence-corrected chi connectivity index (χ1v) is 6.93. The summed E-state index contributed by atoms with van der Waals surface area (Å²) < 4.78 is 13.9. The molecule has 0 atom stereocenters. The number of hydrogen-bond donors (Lipinski definition) is 1. The van der Waals surface area contributed by atoms with E-state index in [9.17, 15) is 9.18 Å². The van der Waals surface area contributed by atoms with Crippen molar-refractivity contribution < 1.29 is 9.18 Å². The van der Waals surface area contributed by atoms with Gasteiger partial charge in [-0.15, -0.1) is 0 Å². The van der Waals surface area contributed by atoms with Crippen molar-refractivity contribution >= 4 is 17.4 Å². The largest absolute Gasteiger partial charge is 0.370 e. The van der Waals surface area contributed by atoms with Crippen LogP contribution in [0.25, 0.3) is 0 Å². The molecule has 2 rings (SSSR count). The van der Waals surface area contributed by atoms with E-state index in [1.54, 1.807) is 36.5 Å². The van der Waals surface area contributed by atoms with Crippen LogP contribution in [0.15, 0.2) is 42.6 Å². The van der Waals surface area contributed by atoms with Crippen molar-refractivity contribution in [2.45, 2.75) is 13.8 Å². The van der Waals surface area contributed by atoms with Gasteiger partial charge in [0, 0.05) is 24.8 Å². The van der Waals surface area contributed by atoms with E-state index in [0.29, 0.717) is 17.9 Å². The number of nitrogens with one attached hydrogen (secondary N) is 1. The second kappa shape index (κ2) is 6.83. The van der Waals surface area contributed by atoms with Gasteiger partial charge in [-0.3, -0.25) is 4.79 Å². The van der Waals surface area contributed by atoms with E-state index in [2.05, 4.69) is 10.3 Å². The standard InChI is InChI=1S/C16H18FN3O/c1-3-18-15-11-12(9-10-19-15)16(21)20(4-2)14-8-6-5-7-13(14)17/h5-11H,3-4H2,1-2H3,(H,18,19). The summed E-state index contributed by atoms with van der Waals surface area (Å²) in [6, 6.07) is 9.57. The monoisotopic (exact) mass is 287 g/mol. The Morgan fingerprint density at radius 3 is 2.71 bits per heavy atom. The highest BCUT2D eigenvalue weighted by molar-refractivity contribution is 6.06. The molecule has 0 aliphatic heterocycles. The average molecular weight is 287 g/mol. The van der Waals surface area contributed by atoms with E-state index in [0.717, 1.165) is 6.54 Å². The molecule has 0 radical (unpaired) electrons. The molecule has 0 saturated heterocycles. The Morgan fingerprint density at radius 2 is 2.05 bits per heavy atom. The molecule has 4 nitrogen and oxygen atoms in total. The number of nitrogens with zero attached hydrogens (tertiary/aromatic N) is 2. The molecule has 1 amide bonds. The smallest absolute Gasteiger partial charge is 0.258 e. The van der Waals surface area contributed by atoms with Crippen molar-refractivity contribution in [2.24, 2.45) is 0 Å². The predicted molar refractivity (Wildman–Crippen MR) is 82.2 cm³/mol. The quantitative estimate of drug-likeness (QED) is 0.917. The maximum Gasteiger partial charge on any atom is 0.258 e. The summed E-state index contributed by atoms with van der Waals surface area (Å²) in [5.41, 5.74) is 0.762. The van der Waals surface area contributed by atoms with Crippen molar-refractivity contribution in [3.8, 4) is 0 Å². The van der Waals surface area contributed by atoms with Crippen molar-refractivity contribution in [3.63, 3.8) is 0 Å². The Balaban J connectivity index is 2.32. The fourth-order valence-electron chi connectivity index (χ4n) is 2.09. The Labute approximate surface area is 123 Å². The summed E-state index contributed by atoms with van der Waals surface area (Å²) in [6.07, 6.45) is 1.57. The van der Waals surface area contributed by atoms with Crippen molar-refractivity contribution in [3.05, 3.63) is 54.0 Å². The van der Waals surface area contributed by atoms with Crippen LogP contribution in [0.5, 0.6) is 0 Å². The fourth-order valence-corrected chi connectivity index (χ4v) is 2.09. The molecule has 0 unspecified atom stereocenters. The van der Waals surface area contributed by atoms with Crippen LogP contribution in [-0.2, 0) is 0 Å². The van der Waals surface area contributed by atoms with Crippen LogP contribution in [-0.4, -0.2) is 24.0 Å². The number of carbonyl (C=O) groups is 1. The van der Waals surface area contributed by atoms with E-state index >= 15 is 0 Å². The third-order valence-corrected chi connectivity index (χ3v) is 3.07. The minimum atomic E-state index is -0.409. The predicted octanol–water partition coefficient (Wildman–Crippen LogP) is 3.32. The van der Waals surface area contributed by atoms with Gasteiger partial charge in [-0.2, -0.15) is 0 Å². The second-order valence-corrected chi connectivity index (χ2v) is 4.46. The molecule has 110 valence electrons. The molecule has 1 aromatic carbocycles. The second-order valence-electron chi connectivity index (χ2n) is 4.46. The molecule has 0 saturated carbocycles. The third kappa shape index (κ3) is 3.37. The van der Waals surface area contributed by atoms with Gasteiger partial charge in [-0.05, 0) is 38.1 Å². The number of hydrogen-bond acceptors (Lipinski definition) is 3. The molecule has 1 N–H and O–H groups in total. The van der Waals surface area contributed by atoms with Crippen LogP contribution in [0.2, 0.25) is 0 Å². The molecular weight excluding hydrogens is 269 g/mol. The molecule has 21 heavy (non-hydrogen) atoms. The van der Waals surface area contributed by atoms with Gasteiger partial charge >= 0.3 is 0 Å². The molecule has 0 bridgehead atoms. The highest BCUT2D eigenvalue weighted by Gasteiger charge is 2.19. The Bertz CT molecular complexity index is 630. The molecule has 5 heteroatoms. The molecule has 2 aromatic rings. The number of halogens is 1. The van der Waals surface area contributed by atoms with E-state index < -0.39 is 5.82 Å². The van der Waals surface area contributed by atoms with E-state index in [1.807, 2.05) is 13.8 Å². The van der Waals surface area contributed by atoms with Gasteiger partial charge in [0.1, 0.15) is 11.6 Å². The van der Waals surface area contributed by atoms with Crippen LogP contribution in [0.3, 0.4) is 0 Å². The lowest BCUT2D eigenvalue weighted by Crippen LogP contribution is -2.31. The van der Waals surface area contributed by atoms with Gasteiger partial charge in [0.2, 0.25) is 0 Å². The van der Waals surface area contributed by atoms with Gasteiger partial charge < -0.3 is 10.2 Å². The van der Waals surface area contributed by atoms with Gasteiger partial charge in [-0.25, -0.2) is 9.37 Å². The highest BCUT2D eigenvalue weighted by Crippen LogP contribution is 2.21. The summed E-state index contributed by atoms with van der Waals surface area (Å²) in [7, 11) is 0. The van der Waals surface area contributed by atoms with Crippen LogP contribution in [0, 0.1) is 5.82 Å². The molecular formula is C16H18FN3O. The molecule has 1 aromatic heterocycles. The average Bonchev–Trinajstić information content (AvgIpc) is 2.50.